The summed E-state index contributed by atoms with van der Waals surface area (Å²) in [5.74, 6) is 0. The maximum absolute atomic E-state index is 10.4. The van der Waals surface area contributed by atoms with E-state index in [2.05, 4.69) is 10.3 Å². The van der Waals surface area contributed by atoms with Crippen LogP contribution < -0.4 is 18.5 Å². The second-order valence-electron chi connectivity index (χ2n) is 1.53. The summed E-state index contributed by atoms with van der Waals surface area (Å²) < 4.78 is 53.4. The van der Waals surface area contributed by atoms with E-state index in [1.54, 1.807) is 0 Å². The summed E-state index contributed by atoms with van der Waals surface area (Å²) in [5, 5.41) is 8.70. The van der Waals surface area contributed by atoms with Crippen molar-refractivity contribution >= 4 is 31.6 Å². The van der Waals surface area contributed by atoms with Crippen LogP contribution in [0.3, 0.4) is 0 Å². The summed E-state index contributed by atoms with van der Waals surface area (Å²) in [6.07, 6.45) is 0. The first-order valence-electron chi connectivity index (χ1n) is 2.12. The first kappa shape index (κ1) is 11.9. The Morgan fingerprint density at radius 1 is 0.917 bits per heavy atom. The molecule has 0 bridgehead atoms. The molecule has 0 radical (unpaired) electrons. The molecule has 0 aromatic carbocycles. The van der Waals surface area contributed by atoms with Gasteiger partial charge in [-0.15, -0.1) is 8.25 Å². The van der Waals surface area contributed by atoms with Crippen LogP contribution in [-0.4, -0.2) is 21.0 Å². The maximum atomic E-state index is 10.4. The second-order valence-corrected chi connectivity index (χ2v) is 5.58. The fraction of sp³-hybridized carbons (Fsp3) is 0. The molecule has 0 atom stereocenters. The lowest BCUT2D eigenvalue weighted by atomic mass is 13.8. The van der Waals surface area contributed by atoms with Crippen molar-refractivity contribution in [2.75, 3.05) is 0 Å². The molecular weight excluding hydrogens is 232 g/mol. The highest BCUT2D eigenvalue weighted by Gasteiger charge is 2.12. The lowest BCUT2D eigenvalue weighted by Gasteiger charge is -2.00. The van der Waals surface area contributed by atoms with Crippen molar-refractivity contribution in [2.45, 2.75) is 0 Å². The van der Waals surface area contributed by atoms with Gasteiger partial charge in [-0.25, -0.2) is 14.5 Å². The van der Waals surface area contributed by atoms with Crippen LogP contribution in [0.5, 0.6) is 0 Å². The molecule has 0 saturated heterocycles. The minimum Gasteiger partial charge on any atom is -0.223 e. The molecule has 0 saturated carbocycles. The van der Waals surface area contributed by atoms with E-state index in [0.717, 1.165) is 0 Å². The Hall–Kier alpha value is -0.110. The third kappa shape index (κ3) is 7.99. The molecule has 74 valence electrons. The second kappa shape index (κ2) is 3.73. The van der Waals surface area contributed by atoms with Gasteiger partial charge in [0.05, 0.1) is 0 Å². The molecule has 12 heteroatoms. The highest BCUT2D eigenvalue weighted by atomic mass is 32.3. The Labute approximate surface area is 71.6 Å². The molecule has 0 rings (SSSR count). The zero-order valence-corrected chi connectivity index (χ0v) is 7.87. The largest absolute Gasteiger partial charge is 0.286 e. The highest BCUT2D eigenvalue weighted by Crippen LogP contribution is 1.75. The SMILES string of the molecule is NS(=O)(=O)NS(=O)NS(N)(=O)=O. The molecule has 0 amide bonds. The van der Waals surface area contributed by atoms with E-state index in [9.17, 15) is 21.0 Å². The summed E-state index contributed by atoms with van der Waals surface area (Å²) in [4.78, 5) is 0. The van der Waals surface area contributed by atoms with Crippen molar-refractivity contribution in [3.8, 4) is 0 Å². The van der Waals surface area contributed by atoms with Crippen molar-refractivity contribution in [1.82, 2.24) is 8.25 Å². The van der Waals surface area contributed by atoms with Crippen LogP contribution >= 0.6 is 0 Å². The summed E-state index contributed by atoms with van der Waals surface area (Å²) in [7, 11) is -8.46. The van der Waals surface area contributed by atoms with Crippen LogP contribution in [0, 0.1) is 0 Å². The molecule has 0 aromatic rings. The average molecular weight is 238 g/mol. The Kier molecular flexibility index (Phi) is 3.70. The molecule has 0 aromatic heterocycles. The Balaban J connectivity index is 4.30. The van der Waals surface area contributed by atoms with E-state index in [1.165, 1.54) is 8.25 Å². The molecule has 9 nitrogen and oxygen atoms in total. The molecule has 0 heterocycles. The van der Waals surface area contributed by atoms with E-state index < -0.39 is 31.6 Å². The lowest BCUT2D eigenvalue weighted by Crippen LogP contribution is -2.43. The Bertz CT molecular complexity index is 325. The van der Waals surface area contributed by atoms with Gasteiger partial charge in [0.2, 0.25) is 0 Å². The van der Waals surface area contributed by atoms with Gasteiger partial charge in [-0.3, -0.25) is 0 Å². The summed E-state index contributed by atoms with van der Waals surface area (Å²) in [6, 6.07) is 0. The van der Waals surface area contributed by atoms with E-state index in [0.29, 0.717) is 0 Å². The number of rotatable bonds is 4. The molecule has 0 aliphatic heterocycles. The van der Waals surface area contributed by atoms with Gasteiger partial charge in [-0.05, 0) is 0 Å². The molecular formula is H6N4O5S3. The lowest BCUT2D eigenvalue weighted by molar-refractivity contribution is 0.592. The maximum Gasteiger partial charge on any atom is 0.286 e. The van der Waals surface area contributed by atoms with Crippen LogP contribution in [0.2, 0.25) is 0 Å². The van der Waals surface area contributed by atoms with Crippen LogP contribution in [0.1, 0.15) is 0 Å². The summed E-state index contributed by atoms with van der Waals surface area (Å²) >= 11 is -2.58. The Morgan fingerprint density at radius 2 is 1.17 bits per heavy atom. The van der Waals surface area contributed by atoms with Gasteiger partial charge >= 0.3 is 0 Å². The van der Waals surface area contributed by atoms with Crippen LogP contribution in [0.15, 0.2) is 0 Å². The van der Waals surface area contributed by atoms with Crippen LogP contribution in [-0.2, 0) is 31.6 Å². The van der Waals surface area contributed by atoms with E-state index >= 15 is 0 Å². The zero-order chi connectivity index (χ0) is 9.99. The van der Waals surface area contributed by atoms with Gasteiger partial charge in [0.15, 0.2) is 11.2 Å². The van der Waals surface area contributed by atoms with Gasteiger partial charge in [0, 0.05) is 0 Å². The smallest absolute Gasteiger partial charge is 0.223 e. The van der Waals surface area contributed by atoms with Gasteiger partial charge in [-0.1, -0.05) is 0 Å². The minimum absolute atomic E-state index is 1.23. The number of hydrogen-bond acceptors (Lipinski definition) is 5. The van der Waals surface area contributed by atoms with Crippen LogP contribution in [0.4, 0.5) is 0 Å². The van der Waals surface area contributed by atoms with E-state index in [1.807, 2.05) is 0 Å². The minimum atomic E-state index is -4.23. The van der Waals surface area contributed by atoms with E-state index in [-0.39, 0.29) is 0 Å². The molecule has 0 spiro atoms. The normalized spacial score (nSPS) is 13.6. The first-order valence-corrected chi connectivity index (χ1v) is 6.36. The fourth-order valence-corrected chi connectivity index (χ4v) is 2.36. The van der Waals surface area contributed by atoms with Crippen molar-refractivity contribution in [3.05, 3.63) is 0 Å². The molecule has 0 unspecified atom stereocenters. The van der Waals surface area contributed by atoms with Crippen molar-refractivity contribution in [1.29, 1.82) is 0 Å². The van der Waals surface area contributed by atoms with Crippen LogP contribution in [0.25, 0.3) is 0 Å². The topological polar surface area (TPSA) is 161 Å². The number of nitrogens with one attached hydrogen (secondary N) is 2. The monoisotopic (exact) mass is 238 g/mol. The van der Waals surface area contributed by atoms with Crippen molar-refractivity contribution in [2.24, 2.45) is 10.3 Å². The standard InChI is InChI=1S/H6N4O5S3/c1-11(6,7)3-10(5)4-12(2,8)9/h3-4H,(H2,1,6,7)(H2,2,8,9). The predicted octanol–water partition coefficient (Wildman–Crippen LogP) is -3.85. The third-order valence-electron chi connectivity index (χ3n) is 0.384. The predicted molar refractivity (Wildman–Crippen MR) is 40.6 cm³/mol. The molecule has 0 fully saturated rings. The third-order valence-corrected chi connectivity index (χ3v) is 3.45. The Morgan fingerprint density at radius 3 is 1.33 bits per heavy atom. The fourth-order valence-electron chi connectivity index (χ4n) is 0.228. The van der Waals surface area contributed by atoms with Gasteiger partial charge in [0.25, 0.3) is 20.4 Å². The number of hydrogen-bond donors (Lipinski definition) is 4. The van der Waals surface area contributed by atoms with E-state index in [4.69, 9.17) is 0 Å². The van der Waals surface area contributed by atoms with Gasteiger partial charge < -0.3 is 0 Å². The van der Waals surface area contributed by atoms with Crippen molar-refractivity contribution in [3.63, 3.8) is 0 Å². The highest BCUT2D eigenvalue weighted by molar-refractivity contribution is 8.06. The first-order chi connectivity index (χ1) is 5.10. The number of nitrogens with two attached hydrogens (primary N) is 2. The zero-order valence-electron chi connectivity index (χ0n) is 5.42. The molecule has 0 aliphatic rings. The average Bonchev–Trinajstić information content (AvgIpc) is 1.49. The quantitative estimate of drug-likeness (QED) is 0.393. The summed E-state index contributed by atoms with van der Waals surface area (Å²) in [5.41, 5.74) is 0. The van der Waals surface area contributed by atoms with Gasteiger partial charge in [-0.2, -0.15) is 16.8 Å². The summed E-state index contributed by atoms with van der Waals surface area (Å²) in [6.45, 7) is 0. The molecule has 12 heavy (non-hydrogen) atoms. The van der Waals surface area contributed by atoms with Gasteiger partial charge in [0.1, 0.15) is 0 Å². The van der Waals surface area contributed by atoms with Crippen molar-refractivity contribution < 1.29 is 21.0 Å². The molecule has 6 N–H and O–H groups in total. The molecule has 0 aliphatic carbocycles.